The second-order valence-corrected chi connectivity index (χ2v) is 7.39. The van der Waals surface area contributed by atoms with Crippen LogP contribution >= 0.6 is 0 Å². The molecule has 0 bridgehead atoms. The number of piperidine rings is 1. The van der Waals surface area contributed by atoms with Crippen LogP contribution in [0.5, 0.6) is 0 Å². The number of anilines is 1. The van der Waals surface area contributed by atoms with Crippen LogP contribution in [0.3, 0.4) is 0 Å². The molecule has 134 valence electrons. The Bertz CT molecular complexity index is 1190. The van der Waals surface area contributed by atoms with Crippen molar-refractivity contribution in [3.63, 3.8) is 0 Å². The number of carboxylic acid groups (broad SMARTS) is 1. The summed E-state index contributed by atoms with van der Waals surface area (Å²) < 4.78 is 0. The largest absolute Gasteiger partial charge is 0.478 e. The normalized spacial score (nSPS) is 14.9. The van der Waals surface area contributed by atoms with Gasteiger partial charge in [0.25, 0.3) is 0 Å². The number of hydrogen-bond acceptors (Lipinski definition) is 2. The van der Waals surface area contributed by atoms with E-state index in [4.69, 9.17) is 0 Å². The van der Waals surface area contributed by atoms with E-state index in [0.29, 0.717) is 5.56 Å². The molecule has 3 heteroatoms. The fourth-order valence-corrected chi connectivity index (χ4v) is 4.42. The predicted molar refractivity (Wildman–Crippen MR) is 112 cm³/mol. The zero-order chi connectivity index (χ0) is 18.4. The molecule has 0 radical (unpaired) electrons. The predicted octanol–water partition coefficient (Wildman–Crippen LogP) is 5.83. The molecule has 0 aliphatic carbocycles. The maximum absolute atomic E-state index is 12.1. The van der Waals surface area contributed by atoms with Crippen LogP contribution in [-0.4, -0.2) is 24.2 Å². The van der Waals surface area contributed by atoms with E-state index in [-0.39, 0.29) is 0 Å². The van der Waals surface area contributed by atoms with Gasteiger partial charge in [0.2, 0.25) is 0 Å². The molecule has 4 aromatic carbocycles. The van der Waals surface area contributed by atoms with Crippen molar-refractivity contribution in [1.29, 1.82) is 0 Å². The van der Waals surface area contributed by atoms with Crippen molar-refractivity contribution in [2.75, 3.05) is 18.0 Å². The number of hydrogen-bond donors (Lipinski definition) is 1. The van der Waals surface area contributed by atoms with E-state index in [1.807, 2.05) is 18.2 Å². The van der Waals surface area contributed by atoms with Gasteiger partial charge in [-0.1, -0.05) is 42.5 Å². The molecule has 0 spiro atoms. The second kappa shape index (κ2) is 6.27. The van der Waals surface area contributed by atoms with E-state index in [1.165, 1.54) is 19.3 Å². The van der Waals surface area contributed by atoms with Crippen LogP contribution in [0.15, 0.2) is 60.7 Å². The summed E-state index contributed by atoms with van der Waals surface area (Å²) in [5, 5.41) is 16.1. The lowest BCUT2D eigenvalue weighted by Gasteiger charge is -2.29. The number of rotatable bonds is 2. The number of fused-ring (bicyclic) bond motifs is 5. The zero-order valence-corrected chi connectivity index (χ0v) is 15.1. The third-order valence-electron chi connectivity index (χ3n) is 5.79. The van der Waals surface area contributed by atoms with Crippen LogP contribution in [0.4, 0.5) is 5.69 Å². The summed E-state index contributed by atoms with van der Waals surface area (Å²) in [7, 11) is 0. The summed E-state index contributed by atoms with van der Waals surface area (Å²) in [6.07, 6.45) is 3.68. The van der Waals surface area contributed by atoms with Crippen LogP contribution in [0.1, 0.15) is 29.6 Å². The van der Waals surface area contributed by atoms with Crippen molar-refractivity contribution >= 4 is 44.0 Å². The Morgan fingerprint density at radius 2 is 1.48 bits per heavy atom. The van der Waals surface area contributed by atoms with Gasteiger partial charge in [0.05, 0.1) is 5.56 Å². The van der Waals surface area contributed by atoms with E-state index >= 15 is 0 Å². The minimum absolute atomic E-state index is 0.382. The quantitative estimate of drug-likeness (QED) is 0.460. The van der Waals surface area contributed by atoms with Crippen LogP contribution in [0.25, 0.3) is 32.3 Å². The number of carbonyl (C=O) groups is 1. The Hall–Kier alpha value is -3.07. The molecule has 0 aromatic heterocycles. The number of nitrogens with zero attached hydrogens (tertiary/aromatic N) is 1. The van der Waals surface area contributed by atoms with E-state index in [0.717, 1.165) is 51.1 Å². The van der Waals surface area contributed by atoms with Gasteiger partial charge in [-0.05, 0) is 69.8 Å². The SMILES string of the molecule is O=C(O)c1cc2c3ccccc3ccc2c2ccc(N3CCCCC3)cc12. The Morgan fingerprint density at radius 3 is 2.30 bits per heavy atom. The Kier molecular flexibility index (Phi) is 3.75. The molecule has 1 N–H and O–H groups in total. The molecule has 0 atom stereocenters. The molecule has 5 rings (SSSR count). The van der Waals surface area contributed by atoms with Gasteiger partial charge in [0.15, 0.2) is 0 Å². The summed E-state index contributed by atoms with van der Waals surface area (Å²) >= 11 is 0. The first-order valence-electron chi connectivity index (χ1n) is 9.59. The molecule has 1 aliphatic heterocycles. The van der Waals surface area contributed by atoms with E-state index in [9.17, 15) is 9.90 Å². The van der Waals surface area contributed by atoms with Crippen molar-refractivity contribution in [3.05, 3.63) is 66.2 Å². The minimum Gasteiger partial charge on any atom is -0.478 e. The van der Waals surface area contributed by atoms with Gasteiger partial charge in [0.1, 0.15) is 0 Å². The molecule has 4 aromatic rings. The summed E-state index contributed by atoms with van der Waals surface area (Å²) in [6, 6.07) is 20.6. The molecular weight excluding hydrogens is 334 g/mol. The highest BCUT2D eigenvalue weighted by atomic mass is 16.4. The van der Waals surface area contributed by atoms with Crippen LogP contribution in [0.2, 0.25) is 0 Å². The van der Waals surface area contributed by atoms with Crippen LogP contribution < -0.4 is 4.90 Å². The minimum atomic E-state index is -0.870. The smallest absolute Gasteiger partial charge is 0.336 e. The molecule has 0 saturated carbocycles. The van der Waals surface area contributed by atoms with Gasteiger partial charge in [-0.2, -0.15) is 0 Å². The van der Waals surface area contributed by atoms with E-state index < -0.39 is 5.97 Å². The highest BCUT2D eigenvalue weighted by Crippen LogP contribution is 2.36. The Morgan fingerprint density at radius 1 is 0.741 bits per heavy atom. The van der Waals surface area contributed by atoms with Gasteiger partial charge in [-0.15, -0.1) is 0 Å². The summed E-state index contributed by atoms with van der Waals surface area (Å²) in [4.78, 5) is 14.4. The topological polar surface area (TPSA) is 40.5 Å². The Balaban J connectivity index is 1.82. The third-order valence-corrected chi connectivity index (χ3v) is 5.79. The maximum atomic E-state index is 12.1. The van der Waals surface area contributed by atoms with Crippen molar-refractivity contribution in [2.24, 2.45) is 0 Å². The first-order valence-corrected chi connectivity index (χ1v) is 9.59. The van der Waals surface area contributed by atoms with Crippen molar-refractivity contribution in [1.82, 2.24) is 0 Å². The standard InChI is InChI=1S/C24H21NO2/c26-24(27)23-15-22-18-7-3-2-6-16(18)8-10-19(22)20-11-9-17(14-21(20)23)25-12-4-1-5-13-25/h2-3,6-11,14-15H,1,4-5,12-13H2,(H,26,27). The molecular formula is C24H21NO2. The fourth-order valence-electron chi connectivity index (χ4n) is 4.42. The number of carboxylic acids is 1. The maximum Gasteiger partial charge on any atom is 0.336 e. The molecule has 1 fully saturated rings. The summed E-state index contributed by atoms with van der Waals surface area (Å²) in [5.74, 6) is -0.870. The molecule has 0 unspecified atom stereocenters. The average molecular weight is 355 g/mol. The monoisotopic (exact) mass is 355 g/mol. The molecule has 1 aliphatic rings. The van der Waals surface area contributed by atoms with Crippen LogP contribution in [0, 0.1) is 0 Å². The van der Waals surface area contributed by atoms with Crippen molar-refractivity contribution < 1.29 is 9.90 Å². The highest BCUT2D eigenvalue weighted by molar-refractivity contribution is 6.22. The van der Waals surface area contributed by atoms with Crippen molar-refractivity contribution in [2.45, 2.75) is 19.3 Å². The molecule has 0 amide bonds. The van der Waals surface area contributed by atoms with E-state index in [2.05, 4.69) is 47.4 Å². The lowest BCUT2D eigenvalue weighted by atomic mass is 9.93. The summed E-state index contributed by atoms with van der Waals surface area (Å²) in [5.41, 5.74) is 1.51. The number of aromatic carboxylic acids is 1. The molecule has 1 saturated heterocycles. The zero-order valence-electron chi connectivity index (χ0n) is 15.1. The van der Waals surface area contributed by atoms with Gasteiger partial charge < -0.3 is 10.0 Å². The second-order valence-electron chi connectivity index (χ2n) is 7.39. The lowest BCUT2D eigenvalue weighted by Crippen LogP contribution is -2.29. The van der Waals surface area contributed by atoms with E-state index in [1.54, 1.807) is 0 Å². The van der Waals surface area contributed by atoms with Gasteiger partial charge >= 0.3 is 5.97 Å². The number of benzene rings is 4. The van der Waals surface area contributed by atoms with Crippen LogP contribution in [-0.2, 0) is 0 Å². The molecule has 27 heavy (non-hydrogen) atoms. The molecule has 1 heterocycles. The van der Waals surface area contributed by atoms with Gasteiger partial charge in [-0.25, -0.2) is 4.79 Å². The van der Waals surface area contributed by atoms with Crippen molar-refractivity contribution in [3.8, 4) is 0 Å². The first-order chi connectivity index (χ1) is 13.2. The van der Waals surface area contributed by atoms with Gasteiger partial charge in [-0.3, -0.25) is 0 Å². The average Bonchev–Trinajstić information content (AvgIpc) is 2.73. The lowest BCUT2D eigenvalue weighted by molar-refractivity contribution is 0.0699. The molecule has 3 nitrogen and oxygen atoms in total. The fraction of sp³-hybridized carbons (Fsp3) is 0.208. The Labute approximate surface area is 157 Å². The summed E-state index contributed by atoms with van der Waals surface area (Å²) in [6.45, 7) is 2.10. The van der Waals surface area contributed by atoms with Gasteiger partial charge in [0, 0.05) is 18.8 Å². The highest BCUT2D eigenvalue weighted by Gasteiger charge is 2.17. The first kappa shape index (κ1) is 16.1. The third kappa shape index (κ3) is 2.62.